The van der Waals surface area contributed by atoms with Crippen molar-refractivity contribution in [2.75, 3.05) is 6.54 Å². The predicted octanol–water partition coefficient (Wildman–Crippen LogP) is 3.19. The minimum atomic E-state index is -0.0137. The molecule has 2 aromatic carbocycles. The molecule has 0 aromatic heterocycles. The van der Waals surface area contributed by atoms with E-state index in [1.165, 1.54) is 22.3 Å². The van der Waals surface area contributed by atoms with Gasteiger partial charge in [-0.15, -0.1) is 0 Å². The Morgan fingerprint density at radius 2 is 1.72 bits per heavy atom. The van der Waals surface area contributed by atoms with Crippen molar-refractivity contribution in [2.45, 2.75) is 24.8 Å². The van der Waals surface area contributed by atoms with E-state index in [1.54, 1.807) is 0 Å². The molecule has 2 bridgehead atoms. The van der Waals surface area contributed by atoms with Gasteiger partial charge < -0.3 is 5.32 Å². The van der Waals surface area contributed by atoms with E-state index in [2.05, 4.69) is 60.8 Å². The van der Waals surface area contributed by atoms with Crippen LogP contribution in [0, 0.1) is 0 Å². The van der Waals surface area contributed by atoms with Gasteiger partial charge in [0, 0.05) is 12.5 Å². The Hall–Kier alpha value is -1.60. The van der Waals surface area contributed by atoms with Crippen LogP contribution in [0.2, 0.25) is 0 Å². The summed E-state index contributed by atoms with van der Waals surface area (Å²) in [6.07, 6.45) is 1.16. The average Bonchev–Trinajstić information content (AvgIpc) is 2.63. The molecule has 1 aliphatic carbocycles. The smallest absolute Gasteiger partial charge is 0.0667 e. The minimum Gasteiger partial charge on any atom is -0.303 e. The number of hydrogen-bond donors (Lipinski definition) is 1. The zero-order valence-electron chi connectivity index (χ0n) is 10.6. The maximum absolute atomic E-state index is 3.77. The monoisotopic (exact) mass is 235 g/mol. The second kappa shape index (κ2) is 3.46. The van der Waals surface area contributed by atoms with Crippen LogP contribution in [0.4, 0.5) is 0 Å². The topological polar surface area (TPSA) is 12.0 Å². The van der Waals surface area contributed by atoms with Crippen LogP contribution in [0.25, 0.3) is 0 Å². The molecule has 2 atom stereocenters. The lowest BCUT2D eigenvalue weighted by molar-refractivity contribution is 0.399. The van der Waals surface area contributed by atoms with Crippen LogP contribution in [0.1, 0.15) is 35.1 Å². The number of rotatable bonds is 0. The molecule has 0 fully saturated rings. The molecule has 18 heavy (non-hydrogen) atoms. The maximum atomic E-state index is 3.77. The summed E-state index contributed by atoms with van der Waals surface area (Å²) < 4.78 is 0. The van der Waals surface area contributed by atoms with Gasteiger partial charge in [-0.2, -0.15) is 0 Å². The van der Waals surface area contributed by atoms with Crippen molar-refractivity contribution in [1.29, 1.82) is 0 Å². The highest BCUT2D eigenvalue weighted by Crippen LogP contribution is 2.44. The van der Waals surface area contributed by atoms with Gasteiger partial charge in [0.1, 0.15) is 0 Å². The highest BCUT2D eigenvalue weighted by Gasteiger charge is 2.41. The number of nitrogens with one attached hydrogen (secondary N) is 1. The fourth-order valence-corrected chi connectivity index (χ4v) is 3.71. The van der Waals surface area contributed by atoms with Crippen molar-refractivity contribution in [3.05, 3.63) is 70.8 Å². The third-order valence-corrected chi connectivity index (χ3v) is 4.66. The molecular formula is C17H17N. The fraction of sp³-hybridized carbons (Fsp3) is 0.294. The summed E-state index contributed by atoms with van der Waals surface area (Å²) in [6.45, 7) is 3.41. The van der Waals surface area contributed by atoms with Crippen molar-refractivity contribution in [2.24, 2.45) is 0 Å². The van der Waals surface area contributed by atoms with E-state index in [4.69, 9.17) is 0 Å². The molecule has 2 aliphatic heterocycles. The Morgan fingerprint density at radius 3 is 2.61 bits per heavy atom. The van der Waals surface area contributed by atoms with Crippen molar-refractivity contribution < 1.29 is 0 Å². The average molecular weight is 235 g/mol. The molecule has 0 spiro atoms. The van der Waals surface area contributed by atoms with Gasteiger partial charge in [0.05, 0.1) is 5.54 Å². The van der Waals surface area contributed by atoms with Gasteiger partial charge in [0.2, 0.25) is 0 Å². The molecule has 0 amide bonds. The molecule has 2 aromatic rings. The summed E-state index contributed by atoms with van der Waals surface area (Å²) in [7, 11) is 0. The Balaban J connectivity index is 2.07. The van der Waals surface area contributed by atoms with Gasteiger partial charge in [0.25, 0.3) is 0 Å². The normalized spacial score (nSPS) is 28.4. The van der Waals surface area contributed by atoms with Crippen LogP contribution in [0.3, 0.4) is 0 Å². The summed E-state index contributed by atoms with van der Waals surface area (Å²) >= 11 is 0. The molecule has 0 saturated heterocycles. The van der Waals surface area contributed by atoms with Crippen LogP contribution >= 0.6 is 0 Å². The van der Waals surface area contributed by atoms with Crippen molar-refractivity contribution >= 4 is 0 Å². The van der Waals surface area contributed by atoms with Crippen molar-refractivity contribution in [1.82, 2.24) is 5.32 Å². The maximum Gasteiger partial charge on any atom is 0.0667 e. The van der Waals surface area contributed by atoms with E-state index in [0.717, 1.165) is 13.0 Å². The summed E-state index contributed by atoms with van der Waals surface area (Å²) in [5.41, 5.74) is 5.95. The zero-order valence-corrected chi connectivity index (χ0v) is 10.6. The number of benzene rings is 2. The van der Waals surface area contributed by atoms with Crippen LogP contribution in [0.15, 0.2) is 48.5 Å². The first-order chi connectivity index (χ1) is 8.79. The molecule has 2 unspecified atom stereocenters. The molecule has 1 heteroatoms. The minimum absolute atomic E-state index is 0.0137. The standard InChI is InChI=1S/C17H17N/c1-17-15-8-4-2-6-12(15)10-13(11-18-17)14-7-3-5-9-16(14)17/h2-9,13,18H,10-11H2,1H3. The van der Waals surface area contributed by atoms with Crippen LogP contribution < -0.4 is 5.32 Å². The van der Waals surface area contributed by atoms with Gasteiger partial charge >= 0.3 is 0 Å². The summed E-state index contributed by atoms with van der Waals surface area (Å²) in [6, 6.07) is 17.8. The molecule has 1 N–H and O–H groups in total. The lowest BCUT2D eigenvalue weighted by atomic mass is 9.78. The molecule has 2 heterocycles. The molecule has 0 saturated carbocycles. The van der Waals surface area contributed by atoms with E-state index >= 15 is 0 Å². The van der Waals surface area contributed by atoms with Gasteiger partial charge in [-0.3, -0.25) is 0 Å². The summed E-state index contributed by atoms with van der Waals surface area (Å²) in [5, 5.41) is 3.77. The molecule has 5 rings (SSSR count). The van der Waals surface area contributed by atoms with E-state index in [0.29, 0.717) is 5.92 Å². The number of fused-ring (bicyclic) bond motifs is 1. The zero-order chi connectivity index (χ0) is 12.2. The number of hydrogen-bond acceptors (Lipinski definition) is 1. The molecule has 1 nitrogen and oxygen atoms in total. The highest BCUT2D eigenvalue weighted by atomic mass is 15.0. The SMILES string of the molecule is CC12NCC(Cc3ccccc31)c1ccccc12. The van der Waals surface area contributed by atoms with E-state index in [-0.39, 0.29) is 5.54 Å². The van der Waals surface area contributed by atoms with Crippen LogP contribution in [0.5, 0.6) is 0 Å². The molecule has 0 radical (unpaired) electrons. The fourth-order valence-electron chi connectivity index (χ4n) is 3.71. The quantitative estimate of drug-likeness (QED) is 0.739. The second-order valence-electron chi connectivity index (χ2n) is 5.65. The van der Waals surface area contributed by atoms with E-state index in [1.807, 2.05) is 0 Å². The third-order valence-electron chi connectivity index (χ3n) is 4.66. The van der Waals surface area contributed by atoms with Crippen LogP contribution in [-0.4, -0.2) is 6.54 Å². The largest absolute Gasteiger partial charge is 0.303 e. The summed E-state index contributed by atoms with van der Waals surface area (Å²) in [5.74, 6) is 0.623. The Bertz CT molecular complexity index is 617. The van der Waals surface area contributed by atoms with E-state index < -0.39 is 0 Å². The Kier molecular flexibility index (Phi) is 1.98. The third kappa shape index (κ3) is 1.20. The van der Waals surface area contributed by atoms with Gasteiger partial charge in [0.15, 0.2) is 0 Å². The highest BCUT2D eigenvalue weighted by molar-refractivity contribution is 5.52. The van der Waals surface area contributed by atoms with Gasteiger partial charge in [-0.05, 0) is 35.6 Å². The lowest BCUT2D eigenvalue weighted by Crippen LogP contribution is -2.45. The van der Waals surface area contributed by atoms with Gasteiger partial charge in [-0.1, -0.05) is 48.5 Å². The van der Waals surface area contributed by atoms with Gasteiger partial charge in [-0.25, -0.2) is 0 Å². The van der Waals surface area contributed by atoms with Crippen molar-refractivity contribution in [3.8, 4) is 0 Å². The molecule has 90 valence electrons. The Labute approximate surface area is 108 Å². The Morgan fingerprint density at radius 1 is 1.00 bits per heavy atom. The first-order valence-electron chi connectivity index (χ1n) is 6.72. The van der Waals surface area contributed by atoms with Crippen molar-refractivity contribution in [3.63, 3.8) is 0 Å². The summed E-state index contributed by atoms with van der Waals surface area (Å²) in [4.78, 5) is 0. The van der Waals surface area contributed by atoms with E-state index in [9.17, 15) is 0 Å². The first kappa shape index (κ1) is 10.3. The molecule has 3 aliphatic rings. The molecular weight excluding hydrogens is 218 g/mol. The predicted molar refractivity (Wildman–Crippen MR) is 73.8 cm³/mol. The second-order valence-corrected chi connectivity index (χ2v) is 5.65. The lowest BCUT2D eigenvalue weighted by Gasteiger charge is -2.38. The van der Waals surface area contributed by atoms with Crippen LogP contribution in [-0.2, 0) is 12.0 Å². The first-order valence-corrected chi connectivity index (χ1v) is 6.72.